The third kappa shape index (κ3) is 2.24. The van der Waals surface area contributed by atoms with Crippen molar-refractivity contribution in [2.75, 3.05) is 19.6 Å². The summed E-state index contributed by atoms with van der Waals surface area (Å²) in [5.74, 6) is -0.339. The molecule has 1 spiro atoms. The fourth-order valence-electron chi connectivity index (χ4n) is 3.53. The van der Waals surface area contributed by atoms with Crippen molar-refractivity contribution in [2.24, 2.45) is 5.41 Å². The fourth-order valence-corrected chi connectivity index (χ4v) is 3.53. The number of hydrogen-bond donors (Lipinski definition) is 2. The van der Waals surface area contributed by atoms with Gasteiger partial charge in [0, 0.05) is 25.6 Å². The lowest BCUT2D eigenvalue weighted by Gasteiger charge is -2.40. The third-order valence-electron chi connectivity index (χ3n) is 4.78. The van der Waals surface area contributed by atoms with Gasteiger partial charge in [-0.15, -0.1) is 0 Å². The number of carbonyl (C=O) groups is 2. The van der Waals surface area contributed by atoms with Crippen molar-refractivity contribution in [2.45, 2.75) is 18.8 Å². The van der Waals surface area contributed by atoms with E-state index in [0.717, 1.165) is 5.56 Å². The van der Waals surface area contributed by atoms with Gasteiger partial charge in [0.15, 0.2) is 0 Å². The molecule has 2 aliphatic rings. The summed E-state index contributed by atoms with van der Waals surface area (Å²) >= 11 is 0. The van der Waals surface area contributed by atoms with Gasteiger partial charge in [-0.05, 0) is 30.5 Å². The van der Waals surface area contributed by atoms with Gasteiger partial charge < -0.3 is 15.3 Å². The van der Waals surface area contributed by atoms with Crippen LogP contribution in [-0.4, -0.2) is 41.6 Å². The molecule has 21 heavy (non-hydrogen) atoms. The van der Waals surface area contributed by atoms with Gasteiger partial charge in [-0.25, -0.2) is 9.18 Å². The SMILES string of the molecule is O=C(O)N1CCC2(CC1)C(=O)NCC2c1ccc(F)cc1. The molecular formula is C15H17FN2O3. The molecule has 3 rings (SSSR count). The lowest BCUT2D eigenvalue weighted by atomic mass is 9.68. The maximum atomic E-state index is 13.1. The van der Waals surface area contributed by atoms with Crippen LogP contribution in [0.2, 0.25) is 0 Å². The van der Waals surface area contributed by atoms with Gasteiger partial charge in [0.2, 0.25) is 5.91 Å². The Morgan fingerprint density at radius 2 is 1.90 bits per heavy atom. The first-order valence-corrected chi connectivity index (χ1v) is 7.04. The van der Waals surface area contributed by atoms with Crippen molar-refractivity contribution in [3.63, 3.8) is 0 Å². The zero-order valence-electron chi connectivity index (χ0n) is 11.5. The second-order valence-electron chi connectivity index (χ2n) is 5.74. The van der Waals surface area contributed by atoms with Crippen molar-refractivity contribution in [1.82, 2.24) is 10.2 Å². The first kappa shape index (κ1) is 13.9. The van der Waals surface area contributed by atoms with Gasteiger partial charge in [-0.1, -0.05) is 12.1 Å². The summed E-state index contributed by atoms with van der Waals surface area (Å²) in [6.07, 6.45) is 0.0713. The van der Waals surface area contributed by atoms with E-state index in [-0.39, 0.29) is 17.6 Å². The van der Waals surface area contributed by atoms with E-state index in [9.17, 15) is 14.0 Å². The number of benzene rings is 1. The first-order chi connectivity index (χ1) is 10.0. The summed E-state index contributed by atoms with van der Waals surface area (Å²) < 4.78 is 13.1. The van der Waals surface area contributed by atoms with E-state index in [1.54, 1.807) is 12.1 Å². The first-order valence-electron chi connectivity index (χ1n) is 7.04. The molecule has 1 unspecified atom stereocenters. The largest absolute Gasteiger partial charge is 0.465 e. The number of nitrogens with one attached hydrogen (secondary N) is 1. The van der Waals surface area contributed by atoms with Crippen LogP contribution in [0.4, 0.5) is 9.18 Å². The van der Waals surface area contributed by atoms with Gasteiger partial charge >= 0.3 is 6.09 Å². The van der Waals surface area contributed by atoms with Crippen LogP contribution < -0.4 is 5.32 Å². The number of likely N-dealkylation sites (tertiary alicyclic amines) is 1. The van der Waals surface area contributed by atoms with Crippen LogP contribution in [-0.2, 0) is 4.79 Å². The molecule has 0 radical (unpaired) electrons. The van der Waals surface area contributed by atoms with Gasteiger partial charge in [0.05, 0.1) is 5.41 Å². The Hall–Kier alpha value is -2.11. The third-order valence-corrected chi connectivity index (χ3v) is 4.78. The van der Waals surface area contributed by atoms with Gasteiger partial charge in [-0.3, -0.25) is 4.79 Å². The second kappa shape index (κ2) is 5.02. The maximum Gasteiger partial charge on any atom is 0.407 e. The molecule has 2 N–H and O–H groups in total. The fraction of sp³-hybridized carbons (Fsp3) is 0.467. The Balaban J connectivity index is 1.86. The second-order valence-corrected chi connectivity index (χ2v) is 5.74. The molecule has 0 bridgehead atoms. The molecule has 2 aliphatic heterocycles. The smallest absolute Gasteiger partial charge is 0.407 e. The summed E-state index contributed by atoms with van der Waals surface area (Å²) in [7, 11) is 0. The van der Waals surface area contributed by atoms with Crippen LogP contribution in [0.3, 0.4) is 0 Å². The van der Waals surface area contributed by atoms with Gasteiger partial charge in [0.1, 0.15) is 5.82 Å². The summed E-state index contributed by atoms with van der Waals surface area (Å²) in [4.78, 5) is 24.7. The molecule has 2 heterocycles. The van der Waals surface area contributed by atoms with Crippen LogP contribution in [0.25, 0.3) is 0 Å². The normalized spacial score (nSPS) is 24.1. The highest BCUT2D eigenvalue weighted by atomic mass is 19.1. The molecule has 2 amide bonds. The summed E-state index contributed by atoms with van der Waals surface area (Å²) in [6, 6.07) is 6.23. The predicted molar refractivity (Wildman–Crippen MR) is 73.4 cm³/mol. The van der Waals surface area contributed by atoms with E-state index in [1.807, 2.05) is 0 Å². The number of hydrogen-bond acceptors (Lipinski definition) is 2. The van der Waals surface area contributed by atoms with E-state index in [1.165, 1.54) is 17.0 Å². The molecular weight excluding hydrogens is 275 g/mol. The van der Waals surface area contributed by atoms with Crippen molar-refractivity contribution >= 4 is 12.0 Å². The average Bonchev–Trinajstić information content (AvgIpc) is 2.78. The summed E-state index contributed by atoms with van der Waals surface area (Å²) in [6.45, 7) is 1.25. The molecule has 112 valence electrons. The number of piperidine rings is 1. The molecule has 1 aromatic rings. The topological polar surface area (TPSA) is 69.6 Å². The standard InChI is InChI=1S/C15H17FN2O3/c16-11-3-1-10(2-4-11)12-9-17-13(19)15(12)5-7-18(8-6-15)14(20)21/h1-4,12H,5-9H2,(H,17,19)(H,20,21). The Kier molecular flexibility index (Phi) is 3.31. The Morgan fingerprint density at radius 1 is 1.29 bits per heavy atom. The van der Waals surface area contributed by atoms with Crippen LogP contribution in [0, 0.1) is 11.2 Å². The Bertz CT molecular complexity index is 565. The van der Waals surface area contributed by atoms with Crippen molar-refractivity contribution in [3.05, 3.63) is 35.6 Å². The molecule has 2 saturated heterocycles. The molecule has 1 aromatic carbocycles. The zero-order valence-corrected chi connectivity index (χ0v) is 11.5. The van der Waals surface area contributed by atoms with E-state index < -0.39 is 11.5 Å². The number of carboxylic acid groups (broad SMARTS) is 1. The number of carbonyl (C=O) groups excluding carboxylic acids is 1. The molecule has 0 aliphatic carbocycles. The molecule has 0 saturated carbocycles. The molecule has 6 heteroatoms. The van der Waals surface area contributed by atoms with E-state index in [2.05, 4.69) is 5.32 Å². The molecule has 5 nitrogen and oxygen atoms in total. The maximum absolute atomic E-state index is 13.1. The quantitative estimate of drug-likeness (QED) is 0.829. The molecule has 1 atom stereocenters. The lowest BCUT2D eigenvalue weighted by Crippen LogP contribution is -2.47. The van der Waals surface area contributed by atoms with Crippen LogP contribution in [0.15, 0.2) is 24.3 Å². The number of rotatable bonds is 1. The highest BCUT2D eigenvalue weighted by Gasteiger charge is 2.52. The summed E-state index contributed by atoms with van der Waals surface area (Å²) in [5.41, 5.74) is 0.363. The van der Waals surface area contributed by atoms with Gasteiger partial charge in [-0.2, -0.15) is 0 Å². The minimum absolute atomic E-state index is 0.0122. The van der Waals surface area contributed by atoms with Crippen LogP contribution in [0.1, 0.15) is 24.3 Å². The Morgan fingerprint density at radius 3 is 2.48 bits per heavy atom. The van der Waals surface area contributed by atoms with E-state index in [0.29, 0.717) is 32.5 Å². The number of nitrogens with zero attached hydrogens (tertiary/aromatic N) is 1. The Labute approximate surface area is 121 Å². The average molecular weight is 292 g/mol. The molecule has 2 fully saturated rings. The van der Waals surface area contributed by atoms with Crippen molar-refractivity contribution < 1.29 is 19.1 Å². The minimum Gasteiger partial charge on any atom is -0.465 e. The molecule has 0 aromatic heterocycles. The predicted octanol–water partition coefficient (Wildman–Crippen LogP) is 1.80. The van der Waals surface area contributed by atoms with Crippen molar-refractivity contribution in [3.8, 4) is 0 Å². The van der Waals surface area contributed by atoms with Crippen molar-refractivity contribution in [1.29, 1.82) is 0 Å². The highest BCUT2D eigenvalue weighted by molar-refractivity contribution is 5.87. The van der Waals surface area contributed by atoms with Gasteiger partial charge in [0.25, 0.3) is 0 Å². The minimum atomic E-state index is -0.943. The van der Waals surface area contributed by atoms with Crippen LogP contribution in [0.5, 0.6) is 0 Å². The van der Waals surface area contributed by atoms with Crippen LogP contribution >= 0.6 is 0 Å². The van der Waals surface area contributed by atoms with E-state index in [4.69, 9.17) is 5.11 Å². The number of amides is 2. The summed E-state index contributed by atoms with van der Waals surface area (Å²) in [5, 5.41) is 11.9. The monoisotopic (exact) mass is 292 g/mol. The zero-order chi connectivity index (χ0) is 15.0. The number of halogens is 1. The highest BCUT2D eigenvalue weighted by Crippen LogP contribution is 2.47. The lowest BCUT2D eigenvalue weighted by molar-refractivity contribution is -0.130. The van der Waals surface area contributed by atoms with E-state index >= 15 is 0 Å².